The molecule has 0 aliphatic heterocycles. The van der Waals surface area contributed by atoms with Gasteiger partial charge in [-0.2, -0.15) is 5.26 Å². The molecule has 2 N–H and O–H groups in total. The van der Waals surface area contributed by atoms with Gasteiger partial charge in [0.15, 0.2) is 6.10 Å². The highest BCUT2D eigenvalue weighted by Gasteiger charge is 2.16. The summed E-state index contributed by atoms with van der Waals surface area (Å²) in [6, 6.07) is 7.79. The molecule has 1 aromatic carbocycles. The number of nitrogens with zero attached hydrogens (tertiary/aromatic N) is 1. The summed E-state index contributed by atoms with van der Waals surface area (Å²) < 4.78 is 5.32. The molecule has 0 radical (unpaired) electrons. The van der Waals surface area contributed by atoms with Gasteiger partial charge in [0.2, 0.25) is 0 Å². The number of amides is 3. The fourth-order valence-electron chi connectivity index (χ4n) is 1.17. The molecule has 0 fully saturated rings. The Morgan fingerprint density at radius 1 is 1.44 bits per heavy atom. The van der Waals surface area contributed by atoms with Gasteiger partial charge < -0.3 is 10.1 Å². The van der Waals surface area contributed by atoms with Crippen LogP contribution in [0.25, 0.3) is 0 Å². The Balaban J connectivity index is 2.64. The van der Waals surface area contributed by atoms with Gasteiger partial charge in [0.25, 0.3) is 5.91 Å². The molecule has 0 aromatic heterocycles. The van der Waals surface area contributed by atoms with Crippen LogP contribution in [-0.2, 0) is 4.79 Å². The maximum absolute atomic E-state index is 11.5. The number of carbonyl (C=O) groups excluding carboxylic acids is 2. The van der Waals surface area contributed by atoms with Gasteiger partial charge in [0.05, 0.1) is 11.6 Å². The van der Waals surface area contributed by atoms with E-state index in [4.69, 9.17) is 10.00 Å². The van der Waals surface area contributed by atoms with Crippen LogP contribution in [0, 0.1) is 11.3 Å². The fourth-order valence-corrected chi connectivity index (χ4v) is 1.17. The van der Waals surface area contributed by atoms with Gasteiger partial charge in [-0.25, -0.2) is 4.79 Å². The zero-order valence-corrected chi connectivity index (χ0v) is 10.1. The molecule has 1 aromatic rings. The van der Waals surface area contributed by atoms with Gasteiger partial charge in [0.1, 0.15) is 5.75 Å². The monoisotopic (exact) mass is 247 g/mol. The molecule has 18 heavy (non-hydrogen) atoms. The predicted octanol–water partition coefficient (Wildman–Crippen LogP) is 0.781. The van der Waals surface area contributed by atoms with Crippen molar-refractivity contribution in [1.29, 1.82) is 5.26 Å². The molecule has 6 nitrogen and oxygen atoms in total. The molecule has 0 bridgehead atoms. The van der Waals surface area contributed by atoms with Gasteiger partial charge in [-0.1, -0.05) is 6.07 Å². The number of carbonyl (C=O) groups is 2. The zero-order valence-electron chi connectivity index (χ0n) is 10.1. The minimum absolute atomic E-state index is 0.397. The number of urea groups is 1. The summed E-state index contributed by atoms with van der Waals surface area (Å²) in [4.78, 5) is 22.4. The first-order valence-corrected chi connectivity index (χ1v) is 5.26. The standard InChI is InChI=1S/C12H13N3O3/c1-8(11(16)15-12(17)14-2)18-10-5-3-4-9(6-10)7-13/h3-6,8H,1-2H3,(H2,14,15,16,17)/t8-/m0/s1. The van der Waals surface area contributed by atoms with Crippen molar-refractivity contribution in [1.82, 2.24) is 10.6 Å². The third kappa shape index (κ3) is 3.79. The van der Waals surface area contributed by atoms with Gasteiger partial charge >= 0.3 is 6.03 Å². The fraction of sp³-hybridized carbons (Fsp3) is 0.250. The summed E-state index contributed by atoms with van der Waals surface area (Å²) in [5, 5.41) is 13.1. The van der Waals surface area contributed by atoms with Crippen molar-refractivity contribution in [3.05, 3.63) is 29.8 Å². The Bertz CT molecular complexity index is 494. The number of nitrogens with one attached hydrogen (secondary N) is 2. The molecule has 0 saturated carbocycles. The van der Waals surface area contributed by atoms with Crippen LogP contribution in [0.5, 0.6) is 5.75 Å². The SMILES string of the molecule is CNC(=O)NC(=O)[C@H](C)Oc1cccc(C#N)c1. The van der Waals surface area contributed by atoms with E-state index in [2.05, 4.69) is 10.6 Å². The van der Waals surface area contributed by atoms with E-state index < -0.39 is 18.0 Å². The highest BCUT2D eigenvalue weighted by atomic mass is 16.5. The van der Waals surface area contributed by atoms with Crippen LogP contribution < -0.4 is 15.4 Å². The summed E-state index contributed by atoms with van der Waals surface area (Å²) in [6.07, 6.45) is -0.837. The number of imide groups is 1. The van der Waals surface area contributed by atoms with Crippen molar-refractivity contribution in [3.63, 3.8) is 0 Å². The Morgan fingerprint density at radius 3 is 2.78 bits per heavy atom. The number of benzene rings is 1. The summed E-state index contributed by atoms with van der Waals surface area (Å²) in [5.74, 6) is -0.162. The van der Waals surface area contributed by atoms with Crippen molar-refractivity contribution in [2.75, 3.05) is 7.05 Å². The maximum atomic E-state index is 11.5. The molecule has 3 amide bonds. The quantitative estimate of drug-likeness (QED) is 0.825. The second kappa shape index (κ2) is 6.25. The first kappa shape index (κ1) is 13.5. The highest BCUT2D eigenvalue weighted by molar-refractivity contribution is 5.96. The molecule has 1 rings (SSSR count). The minimum Gasteiger partial charge on any atom is -0.481 e. The molecule has 94 valence electrons. The van der Waals surface area contributed by atoms with Crippen molar-refractivity contribution >= 4 is 11.9 Å². The summed E-state index contributed by atoms with van der Waals surface area (Å²) in [6.45, 7) is 1.51. The van der Waals surface area contributed by atoms with Gasteiger partial charge in [-0.3, -0.25) is 10.1 Å². The second-order valence-corrected chi connectivity index (χ2v) is 3.47. The van der Waals surface area contributed by atoms with E-state index in [1.807, 2.05) is 6.07 Å². The van der Waals surface area contributed by atoms with E-state index in [9.17, 15) is 9.59 Å². The molecule has 6 heteroatoms. The van der Waals surface area contributed by atoms with E-state index in [0.717, 1.165) is 0 Å². The molecular formula is C12H13N3O3. The van der Waals surface area contributed by atoms with Crippen molar-refractivity contribution in [2.24, 2.45) is 0 Å². The molecule has 0 aliphatic rings. The van der Waals surface area contributed by atoms with E-state index in [1.165, 1.54) is 20.0 Å². The Kier molecular flexibility index (Phi) is 4.69. The molecule has 0 heterocycles. The maximum Gasteiger partial charge on any atom is 0.321 e. The topological polar surface area (TPSA) is 91.2 Å². The number of hydrogen-bond acceptors (Lipinski definition) is 4. The van der Waals surface area contributed by atoms with Gasteiger partial charge in [0, 0.05) is 7.05 Å². The molecule has 0 saturated heterocycles. The average Bonchev–Trinajstić information content (AvgIpc) is 2.38. The van der Waals surface area contributed by atoms with Crippen LogP contribution in [0.3, 0.4) is 0 Å². The smallest absolute Gasteiger partial charge is 0.321 e. The number of nitriles is 1. The summed E-state index contributed by atoms with van der Waals surface area (Å²) in [7, 11) is 1.41. The van der Waals surface area contributed by atoms with Crippen molar-refractivity contribution in [2.45, 2.75) is 13.0 Å². The van der Waals surface area contributed by atoms with E-state index in [-0.39, 0.29) is 0 Å². The number of ether oxygens (including phenoxy) is 1. The lowest BCUT2D eigenvalue weighted by Crippen LogP contribution is -2.43. The third-order valence-corrected chi connectivity index (χ3v) is 2.11. The summed E-state index contributed by atoms with van der Waals surface area (Å²) >= 11 is 0. The van der Waals surface area contributed by atoms with Crippen LogP contribution in [0.1, 0.15) is 12.5 Å². The van der Waals surface area contributed by atoms with Crippen LogP contribution >= 0.6 is 0 Å². The molecule has 1 atom stereocenters. The van der Waals surface area contributed by atoms with Crippen molar-refractivity contribution < 1.29 is 14.3 Å². The normalized spacial score (nSPS) is 10.9. The van der Waals surface area contributed by atoms with E-state index in [1.54, 1.807) is 18.2 Å². The summed E-state index contributed by atoms with van der Waals surface area (Å²) in [5.41, 5.74) is 0.436. The van der Waals surface area contributed by atoms with Gasteiger partial charge in [-0.15, -0.1) is 0 Å². The third-order valence-electron chi connectivity index (χ3n) is 2.11. The highest BCUT2D eigenvalue weighted by Crippen LogP contribution is 2.14. The molecule has 0 unspecified atom stereocenters. The molecule has 0 spiro atoms. The van der Waals surface area contributed by atoms with E-state index >= 15 is 0 Å². The van der Waals surface area contributed by atoms with Gasteiger partial charge in [-0.05, 0) is 25.1 Å². The first-order valence-electron chi connectivity index (χ1n) is 5.26. The molecule has 0 aliphatic carbocycles. The number of rotatable bonds is 3. The van der Waals surface area contributed by atoms with Crippen molar-refractivity contribution in [3.8, 4) is 11.8 Å². The first-order chi connectivity index (χ1) is 8.56. The number of hydrogen-bond donors (Lipinski definition) is 2. The Hall–Kier alpha value is -2.55. The lowest BCUT2D eigenvalue weighted by Gasteiger charge is -2.13. The zero-order chi connectivity index (χ0) is 13.5. The Labute approximate surface area is 105 Å². The minimum atomic E-state index is -0.837. The van der Waals surface area contributed by atoms with Crippen LogP contribution in [0.4, 0.5) is 4.79 Å². The van der Waals surface area contributed by atoms with Crippen LogP contribution in [0.2, 0.25) is 0 Å². The second-order valence-electron chi connectivity index (χ2n) is 3.47. The van der Waals surface area contributed by atoms with E-state index in [0.29, 0.717) is 11.3 Å². The average molecular weight is 247 g/mol. The lowest BCUT2D eigenvalue weighted by atomic mass is 10.2. The predicted molar refractivity (Wildman–Crippen MR) is 63.8 cm³/mol. The molecular weight excluding hydrogens is 234 g/mol. The van der Waals surface area contributed by atoms with Crippen LogP contribution in [0.15, 0.2) is 24.3 Å². The largest absolute Gasteiger partial charge is 0.481 e. The Morgan fingerprint density at radius 2 is 2.17 bits per heavy atom. The van der Waals surface area contributed by atoms with Crippen LogP contribution in [-0.4, -0.2) is 25.1 Å². The lowest BCUT2D eigenvalue weighted by molar-refractivity contribution is -0.126.